The molecular formula is C17H24FNO. The van der Waals surface area contributed by atoms with Gasteiger partial charge in [-0.2, -0.15) is 0 Å². The minimum Gasteiger partial charge on any atom is -0.352 e. The van der Waals surface area contributed by atoms with E-state index in [9.17, 15) is 9.18 Å². The van der Waals surface area contributed by atoms with Gasteiger partial charge in [-0.05, 0) is 55.4 Å². The highest BCUT2D eigenvalue weighted by molar-refractivity contribution is 5.95. The predicted octanol–water partition coefficient (Wildman–Crippen LogP) is 4.08. The van der Waals surface area contributed by atoms with E-state index in [0.717, 1.165) is 12.5 Å². The van der Waals surface area contributed by atoms with Crippen molar-refractivity contribution in [3.8, 4) is 0 Å². The van der Waals surface area contributed by atoms with E-state index in [1.54, 1.807) is 13.0 Å². The maximum absolute atomic E-state index is 13.0. The van der Waals surface area contributed by atoms with Crippen molar-refractivity contribution in [2.45, 2.75) is 46.0 Å². The zero-order valence-electron chi connectivity index (χ0n) is 12.4. The second-order valence-corrected chi connectivity index (χ2v) is 5.96. The van der Waals surface area contributed by atoms with Crippen LogP contribution in [0.4, 0.5) is 4.39 Å². The summed E-state index contributed by atoms with van der Waals surface area (Å²) < 4.78 is 13.0. The van der Waals surface area contributed by atoms with Gasteiger partial charge < -0.3 is 5.32 Å². The topological polar surface area (TPSA) is 29.1 Å². The average Bonchev–Trinajstić information content (AvgIpc) is 2.45. The molecular weight excluding hydrogens is 253 g/mol. The Bertz CT molecular complexity index is 464. The van der Waals surface area contributed by atoms with Crippen molar-refractivity contribution >= 4 is 5.91 Å². The van der Waals surface area contributed by atoms with E-state index >= 15 is 0 Å². The van der Waals surface area contributed by atoms with Crippen LogP contribution in [0.2, 0.25) is 0 Å². The van der Waals surface area contributed by atoms with Crippen molar-refractivity contribution in [3.63, 3.8) is 0 Å². The number of carbonyl (C=O) groups is 1. The Morgan fingerprint density at radius 1 is 1.25 bits per heavy atom. The lowest BCUT2D eigenvalue weighted by Gasteiger charge is -2.27. The molecule has 1 aliphatic rings. The van der Waals surface area contributed by atoms with Crippen LogP contribution in [-0.2, 0) is 0 Å². The van der Waals surface area contributed by atoms with Crippen LogP contribution in [0.3, 0.4) is 0 Å². The van der Waals surface area contributed by atoms with Gasteiger partial charge in [-0.25, -0.2) is 4.39 Å². The van der Waals surface area contributed by atoms with Gasteiger partial charge in [0.05, 0.1) is 0 Å². The van der Waals surface area contributed by atoms with Crippen molar-refractivity contribution < 1.29 is 9.18 Å². The molecule has 0 aliphatic heterocycles. The van der Waals surface area contributed by atoms with Gasteiger partial charge in [0.1, 0.15) is 5.82 Å². The monoisotopic (exact) mass is 277 g/mol. The first-order chi connectivity index (χ1) is 9.60. The lowest BCUT2D eigenvalue weighted by atomic mass is 9.81. The van der Waals surface area contributed by atoms with Gasteiger partial charge >= 0.3 is 0 Å². The number of amides is 1. The maximum atomic E-state index is 13.0. The molecule has 1 aliphatic carbocycles. The largest absolute Gasteiger partial charge is 0.352 e. The molecule has 1 aromatic carbocycles. The first-order valence-corrected chi connectivity index (χ1v) is 7.64. The molecule has 1 N–H and O–H groups in total. The van der Waals surface area contributed by atoms with E-state index in [2.05, 4.69) is 12.2 Å². The Hall–Kier alpha value is -1.38. The standard InChI is InChI=1S/C17H24FNO/c1-3-13-4-6-14(7-5-13)11-19-17(20)16-9-8-15(18)10-12(16)2/h8-10,13-14H,3-7,11H2,1-2H3,(H,19,20). The van der Waals surface area contributed by atoms with Gasteiger partial charge in [-0.15, -0.1) is 0 Å². The number of nitrogens with one attached hydrogen (secondary N) is 1. The molecule has 1 fully saturated rings. The van der Waals surface area contributed by atoms with E-state index in [0.29, 0.717) is 17.0 Å². The highest BCUT2D eigenvalue weighted by atomic mass is 19.1. The zero-order valence-corrected chi connectivity index (χ0v) is 12.4. The van der Waals surface area contributed by atoms with Crippen LogP contribution in [0.5, 0.6) is 0 Å². The van der Waals surface area contributed by atoms with Gasteiger partial charge in [0.15, 0.2) is 0 Å². The number of aryl methyl sites for hydroxylation is 1. The smallest absolute Gasteiger partial charge is 0.251 e. The second kappa shape index (κ2) is 6.87. The van der Waals surface area contributed by atoms with Crippen LogP contribution < -0.4 is 5.32 Å². The first-order valence-electron chi connectivity index (χ1n) is 7.64. The molecule has 1 aromatic rings. The Morgan fingerprint density at radius 3 is 2.50 bits per heavy atom. The molecule has 20 heavy (non-hydrogen) atoms. The summed E-state index contributed by atoms with van der Waals surface area (Å²) in [5.41, 5.74) is 1.27. The highest BCUT2D eigenvalue weighted by Crippen LogP contribution is 2.30. The van der Waals surface area contributed by atoms with Crippen molar-refractivity contribution in [3.05, 3.63) is 35.1 Å². The molecule has 0 atom stereocenters. The third-order valence-corrected chi connectivity index (χ3v) is 4.53. The van der Waals surface area contributed by atoms with Crippen molar-refractivity contribution in [1.29, 1.82) is 0 Å². The zero-order chi connectivity index (χ0) is 14.5. The second-order valence-electron chi connectivity index (χ2n) is 5.96. The minimum absolute atomic E-state index is 0.0832. The summed E-state index contributed by atoms with van der Waals surface area (Å²) in [7, 11) is 0. The molecule has 3 heteroatoms. The summed E-state index contributed by atoms with van der Waals surface area (Å²) in [4.78, 5) is 12.1. The molecule has 2 rings (SSSR count). The number of halogens is 1. The summed E-state index contributed by atoms with van der Waals surface area (Å²) in [5.74, 6) is 1.10. The maximum Gasteiger partial charge on any atom is 0.251 e. The van der Waals surface area contributed by atoms with Crippen LogP contribution in [0, 0.1) is 24.6 Å². The van der Waals surface area contributed by atoms with E-state index in [-0.39, 0.29) is 11.7 Å². The molecule has 0 aromatic heterocycles. The van der Waals surface area contributed by atoms with Gasteiger partial charge in [-0.1, -0.05) is 26.2 Å². The first kappa shape index (κ1) is 15.0. The lowest BCUT2D eigenvalue weighted by Crippen LogP contribution is -2.31. The minimum atomic E-state index is -0.295. The van der Waals surface area contributed by atoms with Crippen LogP contribution in [0.15, 0.2) is 18.2 Å². The molecule has 0 saturated heterocycles. The molecule has 2 nitrogen and oxygen atoms in total. The van der Waals surface area contributed by atoms with E-state index in [1.165, 1.54) is 44.2 Å². The Kier molecular flexibility index (Phi) is 5.16. The van der Waals surface area contributed by atoms with Crippen LogP contribution in [-0.4, -0.2) is 12.5 Å². The SMILES string of the molecule is CCC1CCC(CNC(=O)c2ccc(F)cc2C)CC1. The summed E-state index contributed by atoms with van der Waals surface area (Å²) in [6, 6.07) is 4.31. The van der Waals surface area contributed by atoms with Crippen molar-refractivity contribution in [2.75, 3.05) is 6.54 Å². The quantitative estimate of drug-likeness (QED) is 0.882. The van der Waals surface area contributed by atoms with E-state index < -0.39 is 0 Å². The Labute approximate surface area is 120 Å². The number of hydrogen-bond donors (Lipinski definition) is 1. The fourth-order valence-corrected chi connectivity index (χ4v) is 3.06. The fourth-order valence-electron chi connectivity index (χ4n) is 3.06. The Balaban J connectivity index is 1.83. The van der Waals surface area contributed by atoms with Crippen molar-refractivity contribution in [2.24, 2.45) is 11.8 Å². The van der Waals surface area contributed by atoms with Gasteiger partial charge in [-0.3, -0.25) is 4.79 Å². The molecule has 0 heterocycles. The van der Waals surface area contributed by atoms with E-state index in [1.807, 2.05) is 0 Å². The van der Waals surface area contributed by atoms with Crippen molar-refractivity contribution in [1.82, 2.24) is 5.32 Å². The van der Waals surface area contributed by atoms with Crippen LogP contribution in [0.1, 0.15) is 54.9 Å². The molecule has 0 unspecified atom stereocenters. The molecule has 1 amide bonds. The van der Waals surface area contributed by atoms with Gasteiger partial charge in [0, 0.05) is 12.1 Å². The number of carbonyl (C=O) groups excluding carboxylic acids is 1. The van der Waals surface area contributed by atoms with Gasteiger partial charge in [0.25, 0.3) is 5.91 Å². The number of hydrogen-bond acceptors (Lipinski definition) is 1. The Morgan fingerprint density at radius 2 is 1.90 bits per heavy atom. The molecule has 110 valence electrons. The molecule has 1 saturated carbocycles. The summed E-state index contributed by atoms with van der Waals surface area (Å²) in [6.07, 6.45) is 6.26. The number of rotatable bonds is 4. The number of benzene rings is 1. The van der Waals surface area contributed by atoms with E-state index in [4.69, 9.17) is 0 Å². The summed E-state index contributed by atoms with van der Waals surface area (Å²) in [6.45, 7) is 4.76. The summed E-state index contributed by atoms with van der Waals surface area (Å²) >= 11 is 0. The average molecular weight is 277 g/mol. The van der Waals surface area contributed by atoms with Crippen LogP contribution >= 0.6 is 0 Å². The highest BCUT2D eigenvalue weighted by Gasteiger charge is 2.20. The van der Waals surface area contributed by atoms with Crippen LogP contribution in [0.25, 0.3) is 0 Å². The fraction of sp³-hybridized carbons (Fsp3) is 0.588. The predicted molar refractivity (Wildman–Crippen MR) is 79.2 cm³/mol. The molecule has 0 radical (unpaired) electrons. The summed E-state index contributed by atoms with van der Waals surface area (Å²) in [5, 5.41) is 3.00. The normalized spacial score (nSPS) is 22.6. The third-order valence-electron chi connectivity index (χ3n) is 4.53. The lowest BCUT2D eigenvalue weighted by molar-refractivity contribution is 0.0940. The third kappa shape index (κ3) is 3.81. The molecule has 0 spiro atoms. The molecule has 0 bridgehead atoms. The van der Waals surface area contributed by atoms with Gasteiger partial charge in [0.2, 0.25) is 0 Å².